The fourth-order valence-electron chi connectivity index (χ4n) is 9.92. The topological polar surface area (TPSA) is 61.4 Å². The minimum absolute atomic E-state index is 0.972. The zero-order chi connectivity index (χ0) is 37.1. The van der Waals surface area contributed by atoms with Crippen LogP contribution >= 0.6 is 0 Å². The molecule has 56 heavy (non-hydrogen) atoms. The third kappa shape index (κ3) is 4.38. The molecule has 0 radical (unpaired) electrons. The molecular weight excluding hydrogens is 685 g/mol. The zero-order valence-electron chi connectivity index (χ0n) is 31.2. The van der Waals surface area contributed by atoms with Crippen LogP contribution in [0.15, 0.2) is 134 Å². The Kier molecular flexibility index (Phi) is 6.62. The molecule has 2 aliphatic rings. The third-order valence-corrected chi connectivity index (χ3v) is 12.4. The maximum absolute atomic E-state index is 4.72. The van der Waals surface area contributed by atoms with Gasteiger partial charge in [0, 0.05) is 57.5 Å². The minimum Gasteiger partial charge on any atom is -0.307 e. The molecule has 0 aliphatic heterocycles. The van der Waals surface area contributed by atoms with Gasteiger partial charge < -0.3 is 9.13 Å². The Labute approximate surface area is 323 Å². The van der Waals surface area contributed by atoms with E-state index in [4.69, 9.17) is 9.97 Å². The van der Waals surface area contributed by atoms with Crippen molar-refractivity contribution >= 4 is 43.6 Å². The number of benzene rings is 4. The van der Waals surface area contributed by atoms with Gasteiger partial charge in [-0.3, -0.25) is 19.9 Å². The monoisotopic (exact) mass is 720 g/mol. The van der Waals surface area contributed by atoms with Crippen LogP contribution in [0.1, 0.15) is 33.4 Å². The Morgan fingerprint density at radius 1 is 0.464 bits per heavy atom. The normalized spacial score (nSPS) is 13.2. The van der Waals surface area contributed by atoms with E-state index in [-0.39, 0.29) is 0 Å². The molecule has 6 heterocycles. The highest BCUT2D eigenvalue weighted by Crippen LogP contribution is 2.51. The summed E-state index contributed by atoms with van der Waals surface area (Å²) >= 11 is 0. The van der Waals surface area contributed by atoms with Gasteiger partial charge in [0.15, 0.2) is 0 Å². The van der Waals surface area contributed by atoms with Crippen molar-refractivity contribution in [1.29, 1.82) is 0 Å². The molecule has 0 N–H and O–H groups in total. The molecule has 0 fully saturated rings. The summed E-state index contributed by atoms with van der Waals surface area (Å²) in [7, 11) is 0. The number of fused-ring (bicyclic) bond motifs is 8. The molecule has 2 aliphatic carbocycles. The van der Waals surface area contributed by atoms with E-state index in [1.165, 1.54) is 88.1 Å². The van der Waals surface area contributed by atoms with Gasteiger partial charge in [0.2, 0.25) is 0 Å². The summed E-state index contributed by atoms with van der Waals surface area (Å²) in [6.07, 6.45) is 15.5. The minimum atomic E-state index is 0.972. The quantitative estimate of drug-likeness (QED) is 0.182. The number of aryl methyl sites for hydroxylation is 6. The van der Waals surface area contributed by atoms with Crippen LogP contribution in [0.25, 0.3) is 88.6 Å². The van der Waals surface area contributed by atoms with E-state index >= 15 is 0 Å². The molecule has 12 rings (SSSR count). The molecule has 0 spiro atoms. The highest BCUT2D eigenvalue weighted by molar-refractivity contribution is 6.17. The van der Waals surface area contributed by atoms with Gasteiger partial charge in [0.25, 0.3) is 0 Å². The summed E-state index contributed by atoms with van der Waals surface area (Å²) in [5.41, 5.74) is 22.6. The Hall–Kier alpha value is -6.92. The van der Waals surface area contributed by atoms with E-state index in [1.54, 1.807) is 0 Å². The van der Waals surface area contributed by atoms with Gasteiger partial charge in [-0.25, -0.2) is 0 Å². The summed E-state index contributed by atoms with van der Waals surface area (Å²) < 4.78 is 5.00. The second kappa shape index (κ2) is 11.8. The van der Waals surface area contributed by atoms with Crippen LogP contribution in [0.5, 0.6) is 0 Å². The Morgan fingerprint density at radius 3 is 1.38 bits per heavy atom. The number of hydrogen-bond donors (Lipinski definition) is 0. The van der Waals surface area contributed by atoms with Gasteiger partial charge in [-0.05, 0) is 157 Å². The van der Waals surface area contributed by atoms with Crippen LogP contribution < -0.4 is 0 Å². The van der Waals surface area contributed by atoms with Crippen molar-refractivity contribution in [2.24, 2.45) is 0 Å². The van der Waals surface area contributed by atoms with Crippen molar-refractivity contribution in [1.82, 2.24) is 29.1 Å². The molecular formula is C50H36N6. The SMILES string of the molecule is Cc1ccncc1-n1c2ccc(-c3ccccn3)cc2c2cc3c4c(c21)CCc1cc2c5cc(-c6ccccn6)ccc5n(-c5cnccc5C)c2c(c1-4)CC3. The van der Waals surface area contributed by atoms with E-state index in [1.807, 2.05) is 49.3 Å². The third-order valence-electron chi connectivity index (χ3n) is 12.4. The fourth-order valence-corrected chi connectivity index (χ4v) is 9.92. The lowest BCUT2D eigenvalue weighted by Crippen LogP contribution is -2.16. The molecule has 6 nitrogen and oxygen atoms in total. The molecule has 266 valence electrons. The van der Waals surface area contributed by atoms with Crippen LogP contribution in [-0.4, -0.2) is 29.1 Å². The molecule has 6 aromatic heterocycles. The van der Waals surface area contributed by atoms with Gasteiger partial charge in [-0.2, -0.15) is 0 Å². The largest absolute Gasteiger partial charge is 0.307 e. The molecule has 0 saturated heterocycles. The van der Waals surface area contributed by atoms with E-state index < -0.39 is 0 Å². The van der Waals surface area contributed by atoms with E-state index in [2.05, 4.69) is 118 Å². The molecule has 0 unspecified atom stereocenters. The smallest absolute Gasteiger partial charge is 0.0702 e. The number of rotatable bonds is 4. The zero-order valence-corrected chi connectivity index (χ0v) is 31.2. The summed E-state index contributed by atoms with van der Waals surface area (Å²) in [5, 5.41) is 5.14. The molecule has 0 amide bonds. The van der Waals surface area contributed by atoms with Crippen LogP contribution in [0.3, 0.4) is 0 Å². The average molecular weight is 721 g/mol. The van der Waals surface area contributed by atoms with E-state index in [0.29, 0.717) is 0 Å². The Morgan fingerprint density at radius 2 is 0.946 bits per heavy atom. The molecule has 0 atom stereocenters. The van der Waals surface area contributed by atoms with E-state index in [0.717, 1.165) is 59.6 Å². The van der Waals surface area contributed by atoms with Crippen molar-refractivity contribution < 1.29 is 0 Å². The molecule has 0 bridgehead atoms. The lowest BCUT2D eigenvalue weighted by Gasteiger charge is -2.31. The lowest BCUT2D eigenvalue weighted by molar-refractivity contribution is 0.882. The number of aromatic nitrogens is 6. The number of pyridine rings is 4. The summed E-state index contributed by atoms with van der Waals surface area (Å²) in [4.78, 5) is 18.8. The standard InChI is InChI=1S/C50H36N6/c1-29-17-21-51-27-45(29)55-43-15-11-31(41-7-3-5-19-53-41)23-37(43)39-25-33-10-14-36-48-34(9-13-35(47(33)48)49(39)55)26-40-38-24-32(42-8-4-6-20-54-42)12-16-44(38)56(50(36)40)46-28-52-22-18-30(46)2/h3-8,11-12,15-28H,9-10,13-14H2,1-2H3. The van der Waals surface area contributed by atoms with Crippen LogP contribution in [0.4, 0.5) is 0 Å². The number of hydrogen-bond acceptors (Lipinski definition) is 4. The lowest BCUT2D eigenvalue weighted by atomic mass is 9.74. The molecule has 6 heteroatoms. The van der Waals surface area contributed by atoms with Gasteiger partial charge in [0.05, 0.1) is 57.2 Å². The second-order valence-electron chi connectivity index (χ2n) is 15.5. The van der Waals surface area contributed by atoms with Crippen LogP contribution in [0.2, 0.25) is 0 Å². The van der Waals surface area contributed by atoms with Crippen LogP contribution in [-0.2, 0) is 25.7 Å². The predicted molar refractivity (Wildman–Crippen MR) is 227 cm³/mol. The van der Waals surface area contributed by atoms with Gasteiger partial charge in [-0.15, -0.1) is 0 Å². The molecule has 10 aromatic rings. The maximum Gasteiger partial charge on any atom is 0.0702 e. The molecule has 0 saturated carbocycles. The molecule has 4 aromatic carbocycles. The summed E-state index contributed by atoms with van der Waals surface area (Å²) in [6.45, 7) is 4.40. The highest BCUT2D eigenvalue weighted by atomic mass is 15.0. The van der Waals surface area contributed by atoms with Crippen molar-refractivity contribution in [3.8, 4) is 45.0 Å². The van der Waals surface area contributed by atoms with Crippen LogP contribution in [0, 0.1) is 13.8 Å². The Balaban J connectivity index is 1.19. The van der Waals surface area contributed by atoms with Gasteiger partial charge >= 0.3 is 0 Å². The van der Waals surface area contributed by atoms with Gasteiger partial charge in [0.1, 0.15) is 0 Å². The van der Waals surface area contributed by atoms with Crippen molar-refractivity contribution in [3.05, 3.63) is 168 Å². The first kappa shape index (κ1) is 31.4. The maximum atomic E-state index is 4.72. The van der Waals surface area contributed by atoms with Crippen molar-refractivity contribution in [2.45, 2.75) is 39.5 Å². The number of nitrogens with zero attached hydrogens (tertiary/aromatic N) is 6. The first-order chi connectivity index (χ1) is 27.6. The van der Waals surface area contributed by atoms with E-state index in [9.17, 15) is 0 Å². The summed E-state index contributed by atoms with van der Waals surface area (Å²) in [5.74, 6) is 0. The summed E-state index contributed by atoms with van der Waals surface area (Å²) in [6, 6.07) is 35.3. The first-order valence-corrected chi connectivity index (χ1v) is 19.5. The van der Waals surface area contributed by atoms with Gasteiger partial charge in [-0.1, -0.05) is 24.3 Å². The highest BCUT2D eigenvalue weighted by Gasteiger charge is 2.33. The van der Waals surface area contributed by atoms with Crippen molar-refractivity contribution in [3.63, 3.8) is 0 Å². The Bertz CT molecular complexity index is 3040. The fraction of sp³-hybridized carbons (Fsp3) is 0.120. The second-order valence-corrected chi connectivity index (χ2v) is 15.5. The predicted octanol–water partition coefficient (Wildman–Crippen LogP) is 11.3. The first-order valence-electron chi connectivity index (χ1n) is 19.5. The average Bonchev–Trinajstić information content (AvgIpc) is 3.75. The van der Waals surface area contributed by atoms with Crippen molar-refractivity contribution in [2.75, 3.05) is 0 Å².